The van der Waals surface area contributed by atoms with Gasteiger partial charge in [0.1, 0.15) is 0 Å². The highest BCUT2D eigenvalue weighted by Gasteiger charge is 2.00. The third kappa shape index (κ3) is 5.80. The number of rotatable bonds is 6. The zero-order valence-corrected chi connectivity index (χ0v) is 13.9. The van der Waals surface area contributed by atoms with Crippen LogP contribution in [0, 0.1) is 0 Å². The number of urea groups is 1. The van der Waals surface area contributed by atoms with Gasteiger partial charge in [0.2, 0.25) is 0 Å². The zero-order valence-electron chi connectivity index (χ0n) is 13.2. The van der Waals surface area contributed by atoms with Crippen molar-refractivity contribution in [3.05, 3.63) is 70.9 Å². The molecule has 120 valence electrons. The van der Waals surface area contributed by atoms with Crippen molar-refractivity contribution in [1.29, 1.82) is 0 Å². The topological polar surface area (TPSA) is 41.1 Å². The summed E-state index contributed by atoms with van der Waals surface area (Å²) >= 11 is 6.04. The van der Waals surface area contributed by atoms with Crippen LogP contribution >= 0.6 is 11.6 Å². The van der Waals surface area contributed by atoms with Gasteiger partial charge in [0.15, 0.2) is 0 Å². The van der Waals surface area contributed by atoms with Gasteiger partial charge in [0.05, 0.1) is 0 Å². The van der Waals surface area contributed by atoms with Gasteiger partial charge in [0.25, 0.3) is 0 Å². The van der Waals surface area contributed by atoms with Gasteiger partial charge in [-0.3, -0.25) is 0 Å². The van der Waals surface area contributed by atoms with Gasteiger partial charge < -0.3 is 10.6 Å². The molecule has 0 radical (unpaired) electrons. The van der Waals surface area contributed by atoms with E-state index in [2.05, 4.69) is 17.6 Å². The number of carbonyl (C=O) groups is 1. The fraction of sp³-hybridized carbons (Fsp3) is 0.211. The van der Waals surface area contributed by atoms with Crippen molar-refractivity contribution in [1.82, 2.24) is 5.32 Å². The lowest BCUT2D eigenvalue weighted by Crippen LogP contribution is -2.23. The highest BCUT2D eigenvalue weighted by molar-refractivity contribution is 6.32. The molecule has 0 aliphatic carbocycles. The van der Waals surface area contributed by atoms with Crippen LogP contribution in [0.15, 0.2) is 54.7 Å². The number of carbonyl (C=O) groups excluding carboxylic acids is 1. The van der Waals surface area contributed by atoms with Crippen molar-refractivity contribution in [3.8, 4) is 0 Å². The van der Waals surface area contributed by atoms with E-state index < -0.39 is 0 Å². The summed E-state index contributed by atoms with van der Waals surface area (Å²) in [6.07, 6.45) is 6.77. The Hall–Kier alpha value is -2.26. The number of amides is 2. The standard InChI is InChI=1S/C19H21ClN2O/c1-2-3-6-15-9-11-17(12-10-15)22-19(23)21-14-13-16-7-4-5-8-18(16)20/h4-5,7-14H,2-3,6H2,1H3,(H2,21,22,23)/b14-13+. The van der Waals surface area contributed by atoms with Gasteiger partial charge in [-0.25, -0.2) is 4.79 Å². The predicted molar refractivity (Wildman–Crippen MR) is 97.7 cm³/mol. The van der Waals surface area contributed by atoms with Crippen molar-refractivity contribution in [3.63, 3.8) is 0 Å². The van der Waals surface area contributed by atoms with Gasteiger partial charge in [-0.15, -0.1) is 0 Å². The van der Waals surface area contributed by atoms with Gasteiger partial charge in [-0.2, -0.15) is 0 Å². The second-order valence-corrected chi connectivity index (χ2v) is 5.66. The van der Waals surface area contributed by atoms with E-state index >= 15 is 0 Å². The van der Waals surface area contributed by atoms with Crippen LogP contribution in [-0.4, -0.2) is 6.03 Å². The van der Waals surface area contributed by atoms with Crippen LogP contribution in [0.5, 0.6) is 0 Å². The quantitative estimate of drug-likeness (QED) is 0.724. The smallest absolute Gasteiger partial charge is 0.314 e. The minimum absolute atomic E-state index is 0.283. The largest absolute Gasteiger partial charge is 0.323 e. The first-order valence-electron chi connectivity index (χ1n) is 7.76. The summed E-state index contributed by atoms with van der Waals surface area (Å²) in [5.41, 5.74) is 2.92. The molecule has 0 saturated carbocycles. The zero-order chi connectivity index (χ0) is 16.5. The van der Waals surface area contributed by atoms with Crippen LogP contribution in [0.1, 0.15) is 30.9 Å². The maximum Gasteiger partial charge on any atom is 0.323 e. The molecule has 3 nitrogen and oxygen atoms in total. The van der Waals surface area contributed by atoms with E-state index in [0.717, 1.165) is 17.7 Å². The minimum atomic E-state index is -0.283. The molecule has 0 atom stereocenters. The lowest BCUT2D eigenvalue weighted by Gasteiger charge is -2.06. The number of hydrogen-bond acceptors (Lipinski definition) is 1. The maximum absolute atomic E-state index is 11.8. The summed E-state index contributed by atoms with van der Waals surface area (Å²) in [6.45, 7) is 2.18. The number of benzene rings is 2. The Morgan fingerprint density at radius 1 is 1.13 bits per heavy atom. The molecule has 2 rings (SSSR count). The number of nitrogens with one attached hydrogen (secondary N) is 2. The number of aryl methyl sites for hydroxylation is 1. The van der Waals surface area contributed by atoms with Gasteiger partial charge in [-0.05, 0) is 48.2 Å². The summed E-state index contributed by atoms with van der Waals surface area (Å²) in [6, 6.07) is 15.1. The van der Waals surface area contributed by atoms with Gasteiger partial charge in [0, 0.05) is 16.9 Å². The lowest BCUT2D eigenvalue weighted by molar-refractivity contribution is 0.255. The number of anilines is 1. The molecule has 4 heteroatoms. The SMILES string of the molecule is CCCCc1ccc(NC(=O)N/C=C/c2ccccc2Cl)cc1. The molecule has 0 spiro atoms. The first-order valence-corrected chi connectivity index (χ1v) is 8.14. The highest BCUT2D eigenvalue weighted by Crippen LogP contribution is 2.16. The Morgan fingerprint density at radius 2 is 1.87 bits per heavy atom. The molecule has 0 aliphatic heterocycles. The Bertz CT molecular complexity index is 665. The third-order valence-corrected chi connectivity index (χ3v) is 3.76. The number of hydrogen-bond donors (Lipinski definition) is 2. The highest BCUT2D eigenvalue weighted by atomic mass is 35.5. The van der Waals surface area contributed by atoms with Crippen LogP contribution in [0.3, 0.4) is 0 Å². The first-order chi connectivity index (χ1) is 11.2. The fourth-order valence-electron chi connectivity index (χ4n) is 2.12. The second-order valence-electron chi connectivity index (χ2n) is 5.25. The van der Waals surface area contributed by atoms with Crippen molar-refractivity contribution < 1.29 is 4.79 Å². The van der Waals surface area contributed by atoms with E-state index in [9.17, 15) is 4.79 Å². The van der Waals surface area contributed by atoms with Crippen molar-refractivity contribution >= 4 is 29.4 Å². The summed E-state index contributed by atoms with van der Waals surface area (Å²) in [5.74, 6) is 0. The second kappa shape index (κ2) is 9.01. The average Bonchev–Trinajstić information content (AvgIpc) is 2.56. The normalized spacial score (nSPS) is 10.7. The predicted octanol–water partition coefficient (Wildman–Crippen LogP) is 5.48. The van der Waals surface area contributed by atoms with Gasteiger partial charge >= 0.3 is 6.03 Å². The molecule has 2 amide bonds. The first kappa shape index (κ1) is 17.1. The monoisotopic (exact) mass is 328 g/mol. The molecule has 0 heterocycles. The van der Waals surface area contributed by atoms with E-state index in [1.807, 2.05) is 42.5 Å². The third-order valence-electron chi connectivity index (χ3n) is 3.41. The molecule has 2 N–H and O–H groups in total. The average molecular weight is 329 g/mol. The Kier molecular flexibility index (Phi) is 6.70. The molecule has 23 heavy (non-hydrogen) atoms. The van der Waals surface area contributed by atoms with Crippen LogP contribution in [0.2, 0.25) is 5.02 Å². The van der Waals surface area contributed by atoms with Crippen molar-refractivity contribution in [2.24, 2.45) is 0 Å². The maximum atomic E-state index is 11.8. The van der Waals surface area contributed by atoms with Crippen LogP contribution in [-0.2, 0) is 6.42 Å². The van der Waals surface area contributed by atoms with Crippen LogP contribution in [0.25, 0.3) is 6.08 Å². The number of halogens is 1. The van der Waals surface area contributed by atoms with Crippen LogP contribution in [0.4, 0.5) is 10.5 Å². The van der Waals surface area contributed by atoms with E-state index in [1.54, 1.807) is 18.3 Å². The molecule has 0 aliphatic rings. The summed E-state index contributed by atoms with van der Waals surface area (Å²) < 4.78 is 0. The van der Waals surface area contributed by atoms with Crippen molar-refractivity contribution in [2.75, 3.05) is 5.32 Å². The molecule has 0 aromatic heterocycles. The van der Waals surface area contributed by atoms with E-state index in [4.69, 9.17) is 11.6 Å². The Labute approximate surface area is 142 Å². The number of unbranched alkanes of at least 4 members (excludes halogenated alkanes) is 1. The van der Waals surface area contributed by atoms with Gasteiger partial charge in [-0.1, -0.05) is 55.3 Å². The molecular weight excluding hydrogens is 308 g/mol. The minimum Gasteiger partial charge on any atom is -0.314 e. The van der Waals surface area contributed by atoms with Crippen LogP contribution < -0.4 is 10.6 Å². The van der Waals surface area contributed by atoms with E-state index in [1.165, 1.54) is 18.4 Å². The molecule has 2 aromatic rings. The fourth-order valence-corrected chi connectivity index (χ4v) is 2.32. The lowest BCUT2D eigenvalue weighted by atomic mass is 10.1. The van der Waals surface area contributed by atoms with Crippen molar-refractivity contribution in [2.45, 2.75) is 26.2 Å². The molecule has 0 bridgehead atoms. The molecular formula is C19H21ClN2O. The van der Waals surface area contributed by atoms with E-state index in [0.29, 0.717) is 5.02 Å². The Morgan fingerprint density at radius 3 is 2.57 bits per heavy atom. The molecule has 0 saturated heterocycles. The molecule has 2 aromatic carbocycles. The summed E-state index contributed by atoms with van der Waals surface area (Å²) in [7, 11) is 0. The molecule has 0 fully saturated rings. The Balaban J connectivity index is 1.84. The molecule has 0 unspecified atom stereocenters. The summed E-state index contributed by atoms with van der Waals surface area (Å²) in [5, 5.41) is 6.11. The van der Waals surface area contributed by atoms with E-state index in [-0.39, 0.29) is 6.03 Å². The summed E-state index contributed by atoms with van der Waals surface area (Å²) in [4.78, 5) is 11.8.